The molecule has 0 saturated heterocycles. The van der Waals surface area contributed by atoms with Gasteiger partial charge in [0.1, 0.15) is 0 Å². The highest BCUT2D eigenvalue weighted by Crippen LogP contribution is 2.24. The summed E-state index contributed by atoms with van der Waals surface area (Å²) in [6, 6.07) is 5.78. The Balaban J connectivity index is 2.26. The Bertz CT molecular complexity index is 499. The van der Waals surface area contributed by atoms with E-state index in [0.29, 0.717) is 11.0 Å². The van der Waals surface area contributed by atoms with Crippen molar-refractivity contribution in [3.63, 3.8) is 0 Å². The molecule has 0 bridgehead atoms. The number of hydrogen-bond donors (Lipinski definition) is 1. The summed E-state index contributed by atoms with van der Waals surface area (Å²) in [5, 5.41) is 3.74. The number of nitrogens with zero attached hydrogens (tertiary/aromatic N) is 2. The standard InChI is InChI=1S/C11H9ClIN3/c1-7-2-3-9(12)10(4-7)16-11-14-5-8(13)6-15-11/h2-6H,1H3,(H,14,15,16). The fourth-order valence-corrected chi connectivity index (χ4v) is 1.68. The molecule has 16 heavy (non-hydrogen) atoms. The van der Waals surface area contributed by atoms with Crippen LogP contribution in [0.4, 0.5) is 11.6 Å². The van der Waals surface area contributed by atoms with E-state index in [-0.39, 0.29) is 0 Å². The summed E-state index contributed by atoms with van der Waals surface area (Å²) in [6.45, 7) is 2.01. The fourth-order valence-electron chi connectivity index (χ4n) is 1.23. The van der Waals surface area contributed by atoms with E-state index in [1.54, 1.807) is 12.4 Å². The van der Waals surface area contributed by atoms with Crippen LogP contribution in [0.3, 0.4) is 0 Å². The Morgan fingerprint density at radius 1 is 1.25 bits per heavy atom. The van der Waals surface area contributed by atoms with Crippen LogP contribution in [-0.4, -0.2) is 9.97 Å². The van der Waals surface area contributed by atoms with Gasteiger partial charge in [-0.05, 0) is 47.2 Å². The predicted molar refractivity (Wildman–Crippen MR) is 74.2 cm³/mol. The van der Waals surface area contributed by atoms with Crippen LogP contribution in [0.2, 0.25) is 5.02 Å². The smallest absolute Gasteiger partial charge is 0.227 e. The van der Waals surface area contributed by atoms with Crippen LogP contribution >= 0.6 is 34.2 Å². The van der Waals surface area contributed by atoms with Crippen molar-refractivity contribution in [3.05, 3.63) is 44.7 Å². The monoisotopic (exact) mass is 345 g/mol. The molecule has 0 fully saturated rings. The molecule has 1 aromatic carbocycles. The number of halogens is 2. The van der Waals surface area contributed by atoms with E-state index in [1.807, 2.05) is 25.1 Å². The van der Waals surface area contributed by atoms with Crippen LogP contribution in [0.15, 0.2) is 30.6 Å². The third-order valence-electron chi connectivity index (χ3n) is 1.99. The molecule has 0 spiro atoms. The Hall–Kier alpha value is -0.880. The van der Waals surface area contributed by atoms with Crippen molar-refractivity contribution < 1.29 is 0 Å². The lowest BCUT2D eigenvalue weighted by molar-refractivity contribution is 1.15. The number of aromatic nitrogens is 2. The first-order valence-corrected chi connectivity index (χ1v) is 6.11. The van der Waals surface area contributed by atoms with Crippen molar-refractivity contribution in [2.24, 2.45) is 0 Å². The zero-order valence-corrected chi connectivity index (χ0v) is 11.5. The van der Waals surface area contributed by atoms with E-state index in [1.165, 1.54) is 0 Å². The second kappa shape index (κ2) is 4.97. The average molecular weight is 346 g/mol. The van der Waals surface area contributed by atoms with E-state index in [2.05, 4.69) is 37.9 Å². The Morgan fingerprint density at radius 3 is 2.62 bits per heavy atom. The molecule has 0 atom stereocenters. The van der Waals surface area contributed by atoms with Crippen molar-refractivity contribution in [1.29, 1.82) is 0 Å². The number of benzene rings is 1. The molecular weight excluding hydrogens is 336 g/mol. The molecule has 82 valence electrons. The first kappa shape index (κ1) is 11.6. The van der Waals surface area contributed by atoms with Crippen molar-refractivity contribution in [1.82, 2.24) is 9.97 Å². The lowest BCUT2D eigenvalue weighted by atomic mass is 10.2. The minimum absolute atomic E-state index is 0.549. The van der Waals surface area contributed by atoms with Crippen molar-refractivity contribution in [2.45, 2.75) is 6.92 Å². The van der Waals surface area contributed by atoms with Gasteiger partial charge in [-0.25, -0.2) is 9.97 Å². The van der Waals surface area contributed by atoms with E-state index in [9.17, 15) is 0 Å². The van der Waals surface area contributed by atoms with Gasteiger partial charge in [-0.2, -0.15) is 0 Å². The van der Waals surface area contributed by atoms with Crippen molar-refractivity contribution in [3.8, 4) is 0 Å². The van der Waals surface area contributed by atoms with Crippen LogP contribution in [0.25, 0.3) is 0 Å². The molecule has 0 saturated carbocycles. The fraction of sp³-hybridized carbons (Fsp3) is 0.0909. The molecule has 2 rings (SSSR count). The predicted octanol–water partition coefficient (Wildman–Crippen LogP) is 3.79. The van der Waals surface area contributed by atoms with Crippen LogP contribution in [0, 0.1) is 10.5 Å². The molecule has 0 unspecified atom stereocenters. The first-order chi connectivity index (χ1) is 7.65. The number of hydrogen-bond acceptors (Lipinski definition) is 3. The zero-order valence-electron chi connectivity index (χ0n) is 8.54. The Labute approximate surface area is 112 Å². The molecular formula is C11H9ClIN3. The minimum atomic E-state index is 0.549. The van der Waals surface area contributed by atoms with Crippen LogP contribution in [-0.2, 0) is 0 Å². The molecule has 3 nitrogen and oxygen atoms in total. The highest BCUT2D eigenvalue weighted by Gasteiger charge is 2.02. The van der Waals surface area contributed by atoms with Crippen LogP contribution in [0.1, 0.15) is 5.56 Å². The lowest BCUT2D eigenvalue weighted by Crippen LogP contribution is -1.97. The number of aryl methyl sites for hydroxylation is 1. The van der Waals surface area contributed by atoms with Crippen LogP contribution < -0.4 is 5.32 Å². The third-order valence-corrected chi connectivity index (χ3v) is 2.88. The second-order valence-corrected chi connectivity index (χ2v) is 4.99. The molecule has 2 aromatic rings. The maximum absolute atomic E-state index is 6.06. The molecule has 1 N–H and O–H groups in total. The largest absolute Gasteiger partial charge is 0.323 e. The zero-order chi connectivity index (χ0) is 11.5. The maximum atomic E-state index is 6.06. The molecule has 0 aliphatic carbocycles. The van der Waals surface area contributed by atoms with Gasteiger partial charge in [0.05, 0.1) is 10.7 Å². The molecule has 0 radical (unpaired) electrons. The first-order valence-electron chi connectivity index (χ1n) is 4.66. The summed E-state index contributed by atoms with van der Waals surface area (Å²) in [5.41, 5.74) is 1.96. The molecule has 1 heterocycles. The number of nitrogens with one attached hydrogen (secondary N) is 1. The minimum Gasteiger partial charge on any atom is -0.323 e. The van der Waals surface area contributed by atoms with E-state index in [4.69, 9.17) is 11.6 Å². The summed E-state index contributed by atoms with van der Waals surface area (Å²) < 4.78 is 0.999. The topological polar surface area (TPSA) is 37.8 Å². The van der Waals surface area contributed by atoms with Crippen molar-refractivity contribution in [2.75, 3.05) is 5.32 Å². The Morgan fingerprint density at radius 2 is 1.94 bits per heavy atom. The van der Waals surface area contributed by atoms with Gasteiger partial charge in [0.15, 0.2) is 0 Å². The van der Waals surface area contributed by atoms with Gasteiger partial charge < -0.3 is 5.32 Å². The molecule has 0 amide bonds. The average Bonchev–Trinajstić information content (AvgIpc) is 2.27. The van der Waals surface area contributed by atoms with Crippen molar-refractivity contribution >= 4 is 45.8 Å². The highest BCUT2D eigenvalue weighted by molar-refractivity contribution is 14.1. The molecule has 0 aliphatic rings. The van der Waals surface area contributed by atoms with Gasteiger partial charge >= 0.3 is 0 Å². The van der Waals surface area contributed by atoms with E-state index in [0.717, 1.165) is 14.8 Å². The van der Waals surface area contributed by atoms with E-state index < -0.39 is 0 Å². The lowest BCUT2D eigenvalue weighted by Gasteiger charge is -2.07. The summed E-state index contributed by atoms with van der Waals surface area (Å²) in [4.78, 5) is 8.31. The third kappa shape index (κ3) is 2.82. The van der Waals surface area contributed by atoms with Gasteiger partial charge in [-0.15, -0.1) is 0 Å². The highest BCUT2D eigenvalue weighted by atomic mass is 127. The summed E-state index contributed by atoms with van der Waals surface area (Å²) in [6.07, 6.45) is 3.50. The molecule has 0 aliphatic heterocycles. The summed E-state index contributed by atoms with van der Waals surface area (Å²) in [7, 11) is 0. The molecule has 5 heteroatoms. The second-order valence-electron chi connectivity index (χ2n) is 3.33. The van der Waals surface area contributed by atoms with Gasteiger partial charge in [-0.3, -0.25) is 0 Å². The number of anilines is 2. The quantitative estimate of drug-likeness (QED) is 0.842. The van der Waals surface area contributed by atoms with Gasteiger partial charge in [0.2, 0.25) is 5.95 Å². The number of rotatable bonds is 2. The van der Waals surface area contributed by atoms with E-state index >= 15 is 0 Å². The van der Waals surface area contributed by atoms with Gasteiger partial charge in [-0.1, -0.05) is 17.7 Å². The van der Waals surface area contributed by atoms with Gasteiger partial charge in [0.25, 0.3) is 0 Å². The summed E-state index contributed by atoms with van der Waals surface area (Å²) >= 11 is 8.22. The van der Waals surface area contributed by atoms with Gasteiger partial charge in [0, 0.05) is 16.0 Å². The summed E-state index contributed by atoms with van der Waals surface area (Å²) in [5.74, 6) is 0.549. The SMILES string of the molecule is Cc1ccc(Cl)c(Nc2ncc(I)cn2)c1. The van der Waals surface area contributed by atoms with Crippen LogP contribution in [0.5, 0.6) is 0 Å². The Kier molecular flexibility index (Phi) is 3.60. The maximum Gasteiger partial charge on any atom is 0.227 e. The molecule has 1 aromatic heterocycles. The normalized spacial score (nSPS) is 10.2.